The number of nitrogens with zero attached hydrogens (tertiary/aromatic N) is 1. The van der Waals surface area contributed by atoms with Crippen molar-refractivity contribution in [3.05, 3.63) is 54.1 Å². The van der Waals surface area contributed by atoms with Crippen molar-refractivity contribution in [2.24, 2.45) is 10.7 Å². The van der Waals surface area contributed by atoms with Crippen LogP contribution in [0.3, 0.4) is 0 Å². The summed E-state index contributed by atoms with van der Waals surface area (Å²) in [5, 5.41) is 3.06. The van der Waals surface area contributed by atoms with Crippen molar-refractivity contribution in [3.63, 3.8) is 0 Å². The first-order chi connectivity index (χ1) is 11.1. The summed E-state index contributed by atoms with van der Waals surface area (Å²) in [4.78, 5) is 4.34. The van der Waals surface area contributed by atoms with E-state index in [4.69, 9.17) is 15.2 Å². The van der Waals surface area contributed by atoms with E-state index in [0.29, 0.717) is 12.5 Å². The lowest BCUT2D eigenvalue weighted by Crippen LogP contribution is -2.22. The van der Waals surface area contributed by atoms with Gasteiger partial charge in [-0.25, -0.2) is 4.99 Å². The predicted octanol–water partition coefficient (Wildman–Crippen LogP) is 3.41. The molecule has 0 atom stereocenters. The highest BCUT2D eigenvalue weighted by molar-refractivity contribution is 5.92. The minimum Gasteiger partial charge on any atom is -0.496 e. The number of aliphatic imine (C=N–C) groups is 1. The quantitative estimate of drug-likeness (QED) is 0.633. The molecule has 0 fully saturated rings. The number of benzene rings is 2. The lowest BCUT2D eigenvalue weighted by Gasteiger charge is -2.11. The van der Waals surface area contributed by atoms with Crippen molar-refractivity contribution in [2.75, 3.05) is 12.4 Å². The van der Waals surface area contributed by atoms with E-state index in [-0.39, 0.29) is 6.10 Å². The predicted molar refractivity (Wildman–Crippen MR) is 94.1 cm³/mol. The van der Waals surface area contributed by atoms with Gasteiger partial charge in [-0.05, 0) is 44.2 Å². The molecule has 23 heavy (non-hydrogen) atoms. The van der Waals surface area contributed by atoms with Gasteiger partial charge in [-0.2, -0.15) is 0 Å². The molecule has 0 saturated heterocycles. The highest BCUT2D eigenvalue weighted by Gasteiger charge is 2.02. The highest BCUT2D eigenvalue weighted by Crippen LogP contribution is 2.19. The number of hydrogen-bond acceptors (Lipinski definition) is 3. The van der Waals surface area contributed by atoms with Gasteiger partial charge < -0.3 is 20.5 Å². The minimum atomic E-state index is 0.154. The minimum absolute atomic E-state index is 0.154. The Morgan fingerprint density at radius 2 is 1.83 bits per heavy atom. The van der Waals surface area contributed by atoms with Crippen molar-refractivity contribution in [1.82, 2.24) is 0 Å². The van der Waals surface area contributed by atoms with Gasteiger partial charge in [0.25, 0.3) is 0 Å². The fourth-order valence-corrected chi connectivity index (χ4v) is 2.08. The fraction of sp³-hybridized carbons (Fsp3) is 0.278. The van der Waals surface area contributed by atoms with Crippen LogP contribution in [0.4, 0.5) is 5.69 Å². The average Bonchev–Trinajstić information content (AvgIpc) is 2.54. The molecule has 3 N–H and O–H groups in total. The van der Waals surface area contributed by atoms with Gasteiger partial charge in [0.1, 0.15) is 11.5 Å². The van der Waals surface area contributed by atoms with E-state index in [2.05, 4.69) is 10.3 Å². The Hall–Kier alpha value is -2.69. The van der Waals surface area contributed by atoms with Crippen LogP contribution in [-0.2, 0) is 6.54 Å². The topological polar surface area (TPSA) is 68.9 Å². The molecule has 2 aromatic carbocycles. The SMILES string of the molecule is COc1ccccc1CN=C(N)Nc1ccc(OC(C)C)cc1. The van der Waals surface area contributed by atoms with Crippen molar-refractivity contribution < 1.29 is 9.47 Å². The van der Waals surface area contributed by atoms with Gasteiger partial charge in [0.2, 0.25) is 0 Å². The maximum Gasteiger partial charge on any atom is 0.193 e. The van der Waals surface area contributed by atoms with E-state index in [1.165, 1.54) is 0 Å². The number of methoxy groups -OCH3 is 1. The molecule has 0 unspecified atom stereocenters. The van der Waals surface area contributed by atoms with Crippen LogP contribution in [0.15, 0.2) is 53.5 Å². The third-order valence-electron chi connectivity index (χ3n) is 3.11. The Balaban J connectivity index is 1.96. The maximum atomic E-state index is 5.93. The third kappa shape index (κ3) is 5.21. The highest BCUT2D eigenvalue weighted by atomic mass is 16.5. The molecule has 0 aliphatic rings. The first-order valence-electron chi connectivity index (χ1n) is 7.54. The van der Waals surface area contributed by atoms with Crippen LogP contribution >= 0.6 is 0 Å². The van der Waals surface area contributed by atoms with E-state index < -0.39 is 0 Å². The summed E-state index contributed by atoms with van der Waals surface area (Å²) >= 11 is 0. The largest absolute Gasteiger partial charge is 0.496 e. The standard InChI is InChI=1S/C18H23N3O2/c1-13(2)23-16-10-8-15(9-11-16)21-18(19)20-12-14-6-4-5-7-17(14)22-3/h4-11,13H,12H2,1-3H3,(H3,19,20,21). The molecule has 2 aromatic rings. The second kappa shape index (κ2) is 8.08. The van der Waals surface area contributed by atoms with Gasteiger partial charge in [-0.15, -0.1) is 0 Å². The lowest BCUT2D eigenvalue weighted by molar-refractivity contribution is 0.242. The van der Waals surface area contributed by atoms with Crippen molar-refractivity contribution in [3.8, 4) is 11.5 Å². The molecule has 5 heteroatoms. The number of ether oxygens (including phenoxy) is 2. The molecule has 122 valence electrons. The summed E-state index contributed by atoms with van der Waals surface area (Å²) in [6.45, 7) is 4.45. The Bertz CT molecular complexity index is 652. The smallest absolute Gasteiger partial charge is 0.193 e. The number of guanidine groups is 1. The third-order valence-corrected chi connectivity index (χ3v) is 3.11. The van der Waals surface area contributed by atoms with Crippen molar-refractivity contribution in [2.45, 2.75) is 26.5 Å². The van der Waals surface area contributed by atoms with Gasteiger partial charge in [0.15, 0.2) is 5.96 Å². The first kappa shape index (κ1) is 16.7. The molecule has 0 saturated carbocycles. The van der Waals surface area contributed by atoms with E-state index in [9.17, 15) is 0 Å². The second-order valence-corrected chi connectivity index (χ2v) is 5.33. The first-order valence-corrected chi connectivity index (χ1v) is 7.54. The van der Waals surface area contributed by atoms with E-state index in [1.54, 1.807) is 7.11 Å². The molecular formula is C18H23N3O2. The van der Waals surface area contributed by atoms with Crippen LogP contribution in [0.1, 0.15) is 19.4 Å². The van der Waals surface area contributed by atoms with E-state index in [1.807, 2.05) is 62.4 Å². The zero-order valence-corrected chi connectivity index (χ0v) is 13.7. The second-order valence-electron chi connectivity index (χ2n) is 5.33. The Morgan fingerprint density at radius 1 is 1.13 bits per heavy atom. The summed E-state index contributed by atoms with van der Waals surface area (Å²) in [5.74, 6) is 1.99. The Morgan fingerprint density at radius 3 is 2.48 bits per heavy atom. The van der Waals surface area contributed by atoms with Gasteiger partial charge in [0.05, 0.1) is 19.8 Å². The fourth-order valence-electron chi connectivity index (χ4n) is 2.08. The molecule has 0 aromatic heterocycles. The summed E-state index contributed by atoms with van der Waals surface area (Å²) in [7, 11) is 1.64. The molecule has 2 rings (SSSR count). The number of nitrogens with two attached hydrogens (primary N) is 1. The molecule has 0 spiro atoms. The summed E-state index contributed by atoms with van der Waals surface area (Å²) in [6, 6.07) is 15.4. The summed E-state index contributed by atoms with van der Waals surface area (Å²) < 4.78 is 10.9. The van der Waals surface area contributed by atoms with Crippen LogP contribution < -0.4 is 20.5 Å². The molecule has 0 aliphatic heterocycles. The van der Waals surface area contributed by atoms with Crippen LogP contribution in [-0.4, -0.2) is 19.2 Å². The van der Waals surface area contributed by atoms with E-state index in [0.717, 1.165) is 22.7 Å². The summed E-state index contributed by atoms with van der Waals surface area (Å²) in [6.07, 6.45) is 0.154. The monoisotopic (exact) mass is 313 g/mol. The van der Waals surface area contributed by atoms with Gasteiger partial charge >= 0.3 is 0 Å². The number of hydrogen-bond donors (Lipinski definition) is 2. The average molecular weight is 313 g/mol. The normalized spacial score (nSPS) is 11.4. The molecule has 0 amide bonds. The van der Waals surface area contributed by atoms with Crippen LogP contribution in [0, 0.1) is 0 Å². The molecule has 0 bridgehead atoms. The molecular weight excluding hydrogens is 290 g/mol. The number of nitrogens with one attached hydrogen (secondary N) is 1. The van der Waals surface area contributed by atoms with E-state index >= 15 is 0 Å². The lowest BCUT2D eigenvalue weighted by atomic mass is 10.2. The van der Waals surface area contributed by atoms with Crippen LogP contribution in [0.25, 0.3) is 0 Å². The Labute approximate surface area is 137 Å². The number of anilines is 1. The number of para-hydroxylation sites is 1. The Kier molecular flexibility index (Phi) is 5.86. The molecule has 5 nitrogen and oxygen atoms in total. The van der Waals surface area contributed by atoms with Crippen LogP contribution in [0.5, 0.6) is 11.5 Å². The van der Waals surface area contributed by atoms with Gasteiger partial charge in [-0.3, -0.25) is 0 Å². The maximum absolute atomic E-state index is 5.93. The van der Waals surface area contributed by atoms with Crippen molar-refractivity contribution in [1.29, 1.82) is 0 Å². The molecule has 0 radical (unpaired) electrons. The van der Waals surface area contributed by atoms with Crippen molar-refractivity contribution >= 4 is 11.6 Å². The van der Waals surface area contributed by atoms with Gasteiger partial charge in [-0.1, -0.05) is 18.2 Å². The zero-order valence-electron chi connectivity index (χ0n) is 13.7. The molecule has 0 heterocycles. The number of rotatable bonds is 6. The van der Waals surface area contributed by atoms with Crippen LogP contribution in [0.2, 0.25) is 0 Å². The summed E-state index contributed by atoms with van der Waals surface area (Å²) in [5.41, 5.74) is 7.78. The zero-order chi connectivity index (χ0) is 16.7. The molecule has 0 aliphatic carbocycles. The van der Waals surface area contributed by atoms with Gasteiger partial charge in [0, 0.05) is 11.3 Å².